The highest BCUT2D eigenvalue weighted by Gasteiger charge is 2.23. The molecule has 0 aliphatic heterocycles. The van der Waals surface area contributed by atoms with E-state index in [0.29, 0.717) is 17.9 Å². The Bertz CT molecular complexity index is 430. The Hall–Kier alpha value is -1.78. The molecule has 0 bridgehead atoms. The smallest absolute Gasteiger partial charge is 0.315 e. The minimum atomic E-state index is -0.341. The van der Waals surface area contributed by atoms with Gasteiger partial charge in [-0.1, -0.05) is 13.0 Å². The molecule has 0 aromatic heterocycles. The van der Waals surface area contributed by atoms with Crippen LogP contribution in [0.3, 0.4) is 0 Å². The van der Waals surface area contributed by atoms with Crippen LogP contribution >= 0.6 is 0 Å². The Morgan fingerprint density at radius 3 is 2.39 bits per heavy atom. The van der Waals surface area contributed by atoms with Crippen molar-refractivity contribution in [2.45, 2.75) is 39.7 Å². The van der Waals surface area contributed by atoms with Crippen molar-refractivity contribution in [1.82, 2.24) is 0 Å². The largest absolute Gasteiger partial charge is 0.380 e. The van der Waals surface area contributed by atoms with Gasteiger partial charge in [0.25, 0.3) is 0 Å². The van der Waals surface area contributed by atoms with Gasteiger partial charge >= 0.3 is 5.69 Å². The number of benzene rings is 1. The molecule has 2 N–H and O–H groups in total. The number of nitrogens with zero attached hydrogens (tertiary/aromatic N) is 1. The highest BCUT2D eigenvalue weighted by atomic mass is 16.6. The van der Waals surface area contributed by atoms with Crippen molar-refractivity contribution in [2.75, 3.05) is 17.2 Å². The topological polar surface area (TPSA) is 67.2 Å². The fourth-order valence-corrected chi connectivity index (χ4v) is 1.63. The molecule has 0 unspecified atom stereocenters. The van der Waals surface area contributed by atoms with Crippen LogP contribution in [0.5, 0.6) is 0 Å². The number of rotatable bonds is 6. The zero-order valence-corrected chi connectivity index (χ0v) is 11.4. The molecule has 5 nitrogen and oxygen atoms in total. The third-order valence-electron chi connectivity index (χ3n) is 2.94. The Balaban J connectivity index is 3.18. The Labute approximate surface area is 108 Å². The molecule has 0 aliphatic carbocycles. The van der Waals surface area contributed by atoms with Gasteiger partial charge in [0, 0.05) is 12.1 Å². The van der Waals surface area contributed by atoms with Crippen LogP contribution < -0.4 is 10.6 Å². The van der Waals surface area contributed by atoms with Gasteiger partial charge in [-0.05, 0) is 39.3 Å². The number of anilines is 2. The van der Waals surface area contributed by atoms with E-state index in [9.17, 15) is 10.1 Å². The van der Waals surface area contributed by atoms with Crippen molar-refractivity contribution in [3.63, 3.8) is 0 Å². The SMILES string of the molecule is CCNc1cccc(NC(C)(C)CC)c1[N+](=O)[O-]. The van der Waals surface area contributed by atoms with Crippen LogP contribution in [0, 0.1) is 10.1 Å². The molecule has 0 aliphatic rings. The summed E-state index contributed by atoms with van der Waals surface area (Å²) in [5.41, 5.74) is 1.06. The van der Waals surface area contributed by atoms with E-state index in [2.05, 4.69) is 10.6 Å². The van der Waals surface area contributed by atoms with E-state index < -0.39 is 0 Å². The molecule has 1 rings (SSSR count). The molecule has 0 radical (unpaired) electrons. The number of hydrogen-bond acceptors (Lipinski definition) is 4. The number of para-hydroxylation sites is 1. The summed E-state index contributed by atoms with van der Waals surface area (Å²) in [7, 11) is 0. The number of nitro groups is 1. The van der Waals surface area contributed by atoms with E-state index >= 15 is 0 Å². The Kier molecular flexibility index (Phi) is 4.53. The summed E-state index contributed by atoms with van der Waals surface area (Å²) in [6.45, 7) is 8.67. The second-order valence-electron chi connectivity index (χ2n) is 4.85. The summed E-state index contributed by atoms with van der Waals surface area (Å²) in [4.78, 5) is 10.9. The van der Waals surface area contributed by atoms with Gasteiger partial charge in [0.1, 0.15) is 11.4 Å². The average molecular weight is 251 g/mol. The molecular formula is C13H21N3O2. The number of hydrogen-bond donors (Lipinski definition) is 2. The lowest BCUT2D eigenvalue weighted by molar-refractivity contribution is -0.383. The van der Waals surface area contributed by atoms with Crippen molar-refractivity contribution in [2.24, 2.45) is 0 Å². The second-order valence-corrected chi connectivity index (χ2v) is 4.85. The monoisotopic (exact) mass is 251 g/mol. The molecular weight excluding hydrogens is 230 g/mol. The van der Waals surface area contributed by atoms with E-state index in [0.717, 1.165) is 6.42 Å². The van der Waals surface area contributed by atoms with Crippen molar-refractivity contribution < 1.29 is 4.92 Å². The van der Waals surface area contributed by atoms with Crippen LogP contribution in [0.15, 0.2) is 18.2 Å². The molecule has 0 fully saturated rings. The minimum absolute atomic E-state index is 0.112. The molecule has 0 atom stereocenters. The van der Waals surface area contributed by atoms with Crippen molar-refractivity contribution in [3.8, 4) is 0 Å². The van der Waals surface area contributed by atoms with Gasteiger partial charge in [0.15, 0.2) is 0 Å². The maximum Gasteiger partial charge on any atom is 0.315 e. The second kappa shape index (κ2) is 5.71. The first-order chi connectivity index (χ1) is 8.41. The van der Waals surface area contributed by atoms with Gasteiger partial charge in [-0.2, -0.15) is 0 Å². The van der Waals surface area contributed by atoms with Crippen molar-refractivity contribution in [3.05, 3.63) is 28.3 Å². The molecule has 0 spiro atoms. The number of nitro benzene ring substituents is 1. The first-order valence-corrected chi connectivity index (χ1v) is 6.20. The maximum atomic E-state index is 11.2. The summed E-state index contributed by atoms with van der Waals surface area (Å²) in [6.07, 6.45) is 0.885. The maximum absolute atomic E-state index is 11.2. The van der Waals surface area contributed by atoms with Crippen LogP contribution in [0.25, 0.3) is 0 Å². The van der Waals surface area contributed by atoms with Crippen molar-refractivity contribution in [1.29, 1.82) is 0 Å². The highest BCUT2D eigenvalue weighted by Crippen LogP contribution is 2.34. The van der Waals surface area contributed by atoms with Gasteiger partial charge < -0.3 is 10.6 Å². The van der Waals surface area contributed by atoms with Crippen LogP contribution in [-0.4, -0.2) is 17.0 Å². The van der Waals surface area contributed by atoms with E-state index in [1.165, 1.54) is 0 Å². The fourth-order valence-electron chi connectivity index (χ4n) is 1.63. The van der Waals surface area contributed by atoms with E-state index in [1.807, 2.05) is 33.8 Å². The molecule has 0 saturated carbocycles. The molecule has 100 valence electrons. The lowest BCUT2D eigenvalue weighted by Gasteiger charge is -2.26. The van der Waals surface area contributed by atoms with Crippen LogP contribution in [0.1, 0.15) is 34.1 Å². The summed E-state index contributed by atoms with van der Waals surface area (Å²) in [5, 5.41) is 17.5. The third-order valence-corrected chi connectivity index (χ3v) is 2.94. The van der Waals surface area contributed by atoms with Crippen LogP contribution in [-0.2, 0) is 0 Å². The Morgan fingerprint density at radius 1 is 1.28 bits per heavy atom. The molecule has 18 heavy (non-hydrogen) atoms. The lowest BCUT2D eigenvalue weighted by Crippen LogP contribution is -2.30. The predicted octanol–water partition coefficient (Wildman–Crippen LogP) is 3.63. The normalized spacial score (nSPS) is 11.1. The van der Waals surface area contributed by atoms with E-state index in [1.54, 1.807) is 12.1 Å². The minimum Gasteiger partial charge on any atom is -0.380 e. The molecule has 1 aromatic rings. The fraction of sp³-hybridized carbons (Fsp3) is 0.538. The summed E-state index contributed by atoms with van der Waals surface area (Å²) >= 11 is 0. The van der Waals surface area contributed by atoms with Crippen molar-refractivity contribution >= 4 is 17.1 Å². The first kappa shape index (κ1) is 14.3. The van der Waals surface area contributed by atoms with Gasteiger partial charge in [0.05, 0.1) is 4.92 Å². The van der Waals surface area contributed by atoms with Gasteiger partial charge in [-0.25, -0.2) is 0 Å². The predicted molar refractivity (Wildman–Crippen MR) is 75.3 cm³/mol. The van der Waals surface area contributed by atoms with Gasteiger partial charge in [-0.15, -0.1) is 0 Å². The lowest BCUT2D eigenvalue weighted by atomic mass is 10.0. The Morgan fingerprint density at radius 2 is 1.89 bits per heavy atom. The molecule has 1 aromatic carbocycles. The first-order valence-electron chi connectivity index (χ1n) is 6.20. The van der Waals surface area contributed by atoms with Gasteiger partial charge in [0.2, 0.25) is 0 Å². The zero-order chi connectivity index (χ0) is 13.8. The molecule has 0 heterocycles. The van der Waals surface area contributed by atoms with Crippen LogP contribution in [0.4, 0.5) is 17.1 Å². The summed E-state index contributed by atoms with van der Waals surface area (Å²) in [6, 6.07) is 5.29. The zero-order valence-electron chi connectivity index (χ0n) is 11.4. The molecule has 0 saturated heterocycles. The van der Waals surface area contributed by atoms with Gasteiger partial charge in [-0.3, -0.25) is 10.1 Å². The van der Waals surface area contributed by atoms with E-state index in [-0.39, 0.29) is 16.1 Å². The highest BCUT2D eigenvalue weighted by molar-refractivity contribution is 5.76. The van der Waals surface area contributed by atoms with E-state index in [4.69, 9.17) is 0 Å². The quantitative estimate of drug-likeness (QED) is 0.598. The summed E-state index contributed by atoms with van der Waals surface area (Å²) < 4.78 is 0. The molecule has 0 amide bonds. The number of nitrogens with one attached hydrogen (secondary N) is 2. The third kappa shape index (κ3) is 3.35. The average Bonchev–Trinajstić information content (AvgIpc) is 2.28. The standard InChI is InChI=1S/C13H21N3O2/c1-5-13(3,4)15-11-9-7-8-10(14-6-2)12(11)16(17)18/h7-9,14-15H,5-6H2,1-4H3. The van der Waals surface area contributed by atoms with Crippen LogP contribution in [0.2, 0.25) is 0 Å². The summed E-state index contributed by atoms with van der Waals surface area (Å²) in [5.74, 6) is 0. The molecule has 5 heteroatoms.